The van der Waals surface area contributed by atoms with E-state index >= 15 is 0 Å². The molecule has 0 bridgehead atoms. The Morgan fingerprint density at radius 2 is 1.54 bits per heavy atom. The van der Waals surface area contributed by atoms with Crippen molar-refractivity contribution < 1.29 is 9.59 Å². The lowest BCUT2D eigenvalue weighted by atomic mass is 10.2. The van der Waals surface area contributed by atoms with Gasteiger partial charge in [-0.15, -0.1) is 0 Å². The lowest BCUT2D eigenvalue weighted by Crippen LogP contribution is -2.37. The van der Waals surface area contributed by atoms with Gasteiger partial charge in [0, 0.05) is 37.8 Å². The molecule has 2 heterocycles. The van der Waals surface area contributed by atoms with Gasteiger partial charge >= 0.3 is 0 Å². The second kappa shape index (κ2) is 7.08. The Morgan fingerprint density at radius 1 is 0.875 bits per heavy atom. The highest BCUT2D eigenvalue weighted by Gasteiger charge is 2.24. The zero-order chi connectivity index (χ0) is 16.9. The molecule has 1 saturated heterocycles. The fourth-order valence-electron chi connectivity index (χ4n) is 2.71. The second-order valence-corrected chi connectivity index (χ2v) is 5.61. The first kappa shape index (κ1) is 15.9. The summed E-state index contributed by atoms with van der Waals surface area (Å²) in [6, 6.07) is 11.8. The van der Waals surface area contributed by atoms with Crippen molar-refractivity contribution in [3.63, 3.8) is 0 Å². The minimum atomic E-state index is -0.345. The van der Waals surface area contributed by atoms with Crippen molar-refractivity contribution in [3.8, 4) is 0 Å². The minimum Gasteiger partial charge on any atom is -0.337 e. The van der Waals surface area contributed by atoms with Crippen LogP contribution in [0.1, 0.15) is 27.3 Å². The van der Waals surface area contributed by atoms with Crippen molar-refractivity contribution in [1.29, 1.82) is 0 Å². The number of carbonyl (C=O) groups excluding carboxylic acids is 2. The molecule has 1 N–H and O–H groups in total. The van der Waals surface area contributed by atoms with Gasteiger partial charge in [-0.2, -0.15) is 5.10 Å². The Bertz CT molecular complexity index is 767. The zero-order valence-electron chi connectivity index (χ0n) is 13.1. The molecular formula is C17H18N4O3. The van der Waals surface area contributed by atoms with Crippen LogP contribution in [0.5, 0.6) is 0 Å². The van der Waals surface area contributed by atoms with Gasteiger partial charge in [0.25, 0.3) is 17.4 Å². The number of hydrogen-bond acceptors (Lipinski definition) is 4. The molecule has 1 aliphatic heterocycles. The molecule has 124 valence electrons. The fourth-order valence-corrected chi connectivity index (χ4v) is 2.71. The zero-order valence-corrected chi connectivity index (χ0v) is 13.1. The first-order chi connectivity index (χ1) is 11.6. The van der Waals surface area contributed by atoms with E-state index in [9.17, 15) is 14.4 Å². The number of benzene rings is 1. The van der Waals surface area contributed by atoms with E-state index in [-0.39, 0.29) is 23.1 Å². The van der Waals surface area contributed by atoms with E-state index < -0.39 is 0 Å². The van der Waals surface area contributed by atoms with Crippen molar-refractivity contribution in [3.05, 3.63) is 64.1 Å². The Hall–Kier alpha value is -2.96. The number of aromatic nitrogens is 2. The van der Waals surface area contributed by atoms with Crippen LogP contribution < -0.4 is 5.56 Å². The summed E-state index contributed by atoms with van der Waals surface area (Å²) in [6.07, 6.45) is 0.702. The molecule has 1 aromatic heterocycles. The van der Waals surface area contributed by atoms with Crippen molar-refractivity contribution in [1.82, 2.24) is 20.0 Å². The number of nitrogens with one attached hydrogen (secondary N) is 1. The second-order valence-electron chi connectivity index (χ2n) is 5.61. The van der Waals surface area contributed by atoms with Gasteiger partial charge in [0.15, 0.2) is 0 Å². The molecular weight excluding hydrogens is 308 g/mol. The molecule has 24 heavy (non-hydrogen) atoms. The Labute approximate surface area is 138 Å². The predicted octanol–water partition coefficient (Wildman–Crippen LogP) is 0.758. The van der Waals surface area contributed by atoms with E-state index in [1.807, 2.05) is 18.2 Å². The first-order valence-electron chi connectivity index (χ1n) is 7.84. The Kier molecular flexibility index (Phi) is 4.69. The van der Waals surface area contributed by atoms with E-state index in [1.54, 1.807) is 21.9 Å². The summed E-state index contributed by atoms with van der Waals surface area (Å²) in [5, 5.41) is 6.04. The number of H-pyrrole nitrogens is 1. The molecule has 0 aliphatic carbocycles. The molecule has 0 saturated carbocycles. The first-order valence-corrected chi connectivity index (χ1v) is 7.84. The molecule has 2 aromatic rings. The summed E-state index contributed by atoms with van der Waals surface area (Å²) in [4.78, 5) is 39.4. The van der Waals surface area contributed by atoms with Crippen LogP contribution in [0.25, 0.3) is 0 Å². The molecule has 1 aromatic carbocycles. The maximum atomic E-state index is 12.5. The minimum absolute atomic E-state index is 0.0212. The molecule has 7 heteroatoms. The highest BCUT2D eigenvalue weighted by atomic mass is 16.2. The van der Waals surface area contributed by atoms with Crippen LogP contribution in [0.2, 0.25) is 0 Å². The van der Waals surface area contributed by atoms with E-state index in [1.165, 1.54) is 12.1 Å². The smallest absolute Gasteiger partial charge is 0.274 e. The number of nitrogens with zero attached hydrogens (tertiary/aromatic N) is 3. The molecule has 1 aliphatic rings. The summed E-state index contributed by atoms with van der Waals surface area (Å²) in [5.74, 6) is -0.257. The highest BCUT2D eigenvalue weighted by molar-refractivity contribution is 5.94. The number of carbonyl (C=O) groups is 2. The van der Waals surface area contributed by atoms with E-state index in [2.05, 4.69) is 10.2 Å². The summed E-state index contributed by atoms with van der Waals surface area (Å²) in [6.45, 7) is 2.08. The lowest BCUT2D eigenvalue weighted by molar-refractivity contribution is 0.0715. The predicted molar refractivity (Wildman–Crippen MR) is 87.7 cm³/mol. The normalized spacial score (nSPS) is 15.0. The third kappa shape index (κ3) is 3.51. The maximum absolute atomic E-state index is 12.5. The quantitative estimate of drug-likeness (QED) is 0.883. The lowest BCUT2D eigenvalue weighted by Gasteiger charge is -2.22. The fraction of sp³-hybridized carbons (Fsp3) is 0.294. The van der Waals surface area contributed by atoms with Gasteiger partial charge in [0.2, 0.25) is 0 Å². The van der Waals surface area contributed by atoms with Crippen LogP contribution in [0.3, 0.4) is 0 Å². The van der Waals surface area contributed by atoms with Gasteiger partial charge in [0.05, 0.1) is 0 Å². The van der Waals surface area contributed by atoms with Crippen LogP contribution in [0, 0.1) is 0 Å². The molecule has 1 fully saturated rings. The van der Waals surface area contributed by atoms with Gasteiger partial charge in [0.1, 0.15) is 5.69 Å². The Balaban J connectivity index is 1.66. The molecule has 3 rings (SSSR count). The number of aromatic amines is 1. The molecule has 0 radical (unpaired) electrons. The summed E-state index contributed by atoms with van der Waals surface area (Å²) in [5.41, 5.74) is 0.513. The standard InChI is InChI=1S/C17H18N4O3/c22-15-8-7-14(18-19-15)17(24)21-10-4-9-20(11-12-21)16(23)13-5-2-1-3-6-13/h1-3,5-8H,4,9-12H2,(H,19,22). The third-order valence-electron chi connectivity index (χ3n) is 3.99. The summed E-state index contributed by atoms with van der Waals surface area (Å²) < 4.78 is 0. The summed E-state index contributed by atoms with van der Waals surface area (Å²) in [7, 11) is 0. The van der Waals surface area contributed by atoms with Gasteiger partial charge in [-0.25, -0.2) is 5.10 Å². The SMILES string of the molecule is O=C(c1ccccc1)N1CCCN(C(=O)c2ccc(=O)[nH]n2)CC1. The average molecular weight is 326 g/mol. The molecule has 0 spiro atoms. The average Bonchev–Trinajstić information content (AvgIpc) is 2.88. The highest BCUT2D eigenvalue weighted by Crippen LogP contribution is 2.11. The van der Waals surface area contributed by atoms with Crippen LogP contribution in [-0.2, 0) is 0 Å². The van der Waals surface area contributed by atoms with Crippen molar-refractivity contribution in [2.24, 2.45) is 0 Å². The van der Waals surface area contributed by atoms with Gasteiger partial charge in [-0.1, -0.05) is 18.2 Å². The molecule has 0 atom stereocenters. The third-order valence-corrected chi connectivity index (χ3v) is 3.99. The number of hydrogen-bond donors (Lipinski definition) is 1. The van der Waals surface area contributed by atoms with E-state index in [0.29, 0.717) is 38.2 Å². The largest absolute Gasteiger partial charge is 0.337 e. The summed E-state index contributed by atoms with van der Waals surface area (Å²) >= 11 is 0. The van der Waals surface area contributed by atoms with E-state index in [0.717, 1.165) is 0 Å². The van der Waals surface area contributed by atoms with Crippen LogP contribution >= 0.6 is 0 Å². The molecule has 2 amide bonds. The molecule has 7 nitrogen and oxygen atoms in total. The van der Waals surface area contributed by atoms with Gasteiger partial charge in [-0.05, 0) is 24.6 Å². The molecule has 0 unspecified atom stereocenters. The van der Waals surface area contributed by atoms with Crippen molar-refractivity contribution in [2.75, 3.05) is 26.2 Å². The maximum Gasteiger partial charge on any atom is 0.274 e. The van der Waals surface area contributed by atoms with E-state index in [4.69, 9.17) is 0 Å². The van der Waals surface area contributed by atoms with Crippen LogP contribution in [0.4, 0.5) is 0 Å². The number of rotatable bonds is 2. The van der Waals surface area contributed by atoms with Crippen LogP contribution in [-0.4, -0.2) is 58.0 Å². The van der Waals surface area contributed by atoms with Crippen molar-refractivity contribution in [2.45, 2.75) is 6.42 Å². The van der Waals surface area contributed by atoms with Gasteiger partial charge in [-0.3, -0.25) is 14.4 Å². The topological polar surface area (TPSA) is 86.4 Å². The van der Waals surface area contributed by atoms with Gasteiger partial charge < -0.3 is 9.80 Å². The van der Waals surface area contributed by atoms with Crippen LogP contribution in [0.15, 0.2) is 47.3 Å². The van der Waals surface area contributed by atoms with Crippen molar-refractivity contribution >= 4 is 11.8 Å². The number of amides is 2. The Morgan fingerprint density at radius 3 is 2.17 bits per heavy atom. The monoisotopic (exact) mass is 326 g/mol.